The number of hydrogen-bond donors (Lipinski definition) is 2. The van der Waals surface area contributed by atoms with Crippen molar-refractivity contribution in [2.45, 2.75) is 11.6 Å². The van der Waals surface area contributed by atoms with Crippen LogP contribution in [-0.4, -0.2) is 28.2 Å². The maximum absolute atomic E-state index is 11.9. The molecule has 0 aliphatic heterocycles. The van der Waals surface area contributed by atoms with Gasteiger partial charge in [0.05, 0.1) is 5.75 Å². The van der Waals surface area contributed by atoms with Crippen molar-refractivity contribution in [3.63, 3.8) is 0 Å². The summed E-state index contributed by atoms with van der Waals surface area (Å²) in [5, 5.41) is 11.4. The molecule has 0 spiro atoms. The summed E-state index contributed by atoms with van der Waals surface area (Å²) in [6.07, 6.45) is 0. The van der Waals surface area contributed by atoms with Crippen LogP contribution in [0.1, 0.15) is 11.6 Å². The third-order valence-corrected chi connectivity index (χ3v) is 3.11. The highest BCUT2D eigenvalue weighted by Gasteiger charge is 2.30. The largest absolute Gasteiger partial charge is 0.479 e. The minimum absolute atomic E-state index is 0.215. The number of carboxylic acids is 1. The van der Waals surface area contributed by atoms with Gasteiger partial charge in [0.1, 0.15) is 0 Å². The molecule has 1 rings (SSSR count). The van der Waals surface area contributed by atoms with Gasteiger partial charge >= 0.3 is 11.5 Å². The van der Waals surface area contributed by atoms with E-state index in [1.165, 1.54) is 24.3 Å². The molecular formula is C11H9ClF3NO3S. The van der Waals surface area contributed by atoms with Crippen molar-refractivity contribution in [3.8, 4) is 0 Å². The van der Waals surface area contributed by atoms with Crippen molar-refractivity contribution in [2.24, 2.45) is 0 Å². The molecule has 1 amide bonds. The number of carbonyl (C=O) groups excluding carboxylic acids is 1. The van der Waals surface area contributed by atoms with Gasteiger partial charge in [0, 0.05) is 5.02 Å². The normalized spacial score (nSPS) is 12.8. The molecule has 1 aromatic carbocycles. The Balaban J connectivity index is 2.71. The fraction of sp³-hybridized carbons (Fsp3) is 0.273. The molecule has 1 unspecified atom stereocenters. The molecule has 0 fully saturated rings. The van der Waals surface area contributed by atoms with E-state index >= 15 is 0 Å². The molecule has 0 radical (unpaired) electrons. The Morgan fingerprint density at radius 2 is 1.85 bits per heavy atom. The highest BCUT2D eigenvalue weighted by Crippen LogP contribution is 2.29. The van der Waals surface area contributed by atoms with Crippen molar-refractivity contribution >= 4 is 35.2 Å². The summed E-state index contributed by atoms with van der Waals surface area (Å²) in [4.78, 5) is 22.4. The fourth-order valence-electron chi connectivity index (χ4n) is 1.29. The zero-order valence-corrected chi connectivity index (χ0v) is 11.4. The Morgan fingerprint density at radius 1 is 1.30 bits per heavy atom. The van der Waals surface area contributed by atoms with Crippen LogP contribution in [0.2, 0.25) is 5.02 Å². The van der Waals surface area contributed by atoms with E-state index in [0.717, 1.165) is 0 Å². The first kappa shape index (κ1) is 16.6. The molecule has 0 aliphatic carbocycles. The lowest BCUT2D eigenvalue weighted by Crippen LogP contribution is -2.35. The lowest BCUT2D eigenvalue weighted by atomic mass is 10.1. The van der Waals surface area contributed by atoms with Crippen LogP contribution in [0.3, 0.4) is 0 Å². The molecule has 110 valence electrons. The molecule has 20 heavy (non-hydrogen) atoms. The van der Waals surface area contributed by atoms with E-state index in [9.17, 15) is 22.8 Å². The van der Waals surface area contributed by atoms with Crippen LogP contribution < -0.4 is 5.32 Å². The van der Waals surface area contributed by atoms with Crippen LogP contribution in [0.4, 0.5) is 13.2 Å². The lowest BCUT2D eigenvalue weighted by molar-refractivity contribution is -0.141. The Labute approximate surface area is 121 Å². The standard InChI is InChI=1S/C11H9ClF3NO3S/c12-7-3-1-6(2-4-7)9(10(18)19)16-8(17)5-20-11(13,14)15/h1-4,9H,5H2,(H,16,17)(H,18,19). The maximum atomic E-state index is 11.9. The second kappa shape index (κ2) is 6.85. The second-order valence-electron chi connectivity index (χ2n) is 3.62. The fourth-order valence-corrected chi connectivity index (χ4v) is 1.80. The lowest BCUT2D eigenvalue weighted by Gasteiger charge is -2.15. The summed E-state index contributed by atoms with van der Waals surface area (Å²) >= 11 is 5.11. The predicted molar refractivity (Wildman–Crippen MR) is 68.5 cm³/mol. The van der Waals surface area contributed by atoms with Crippen LogP contribution in [-0.2, 0) is 9.59 Å². The molecule has 9 heteroatoms. The first-order chi connectivity index (χ1) is 9.19. The molecule has 0 saturated heterocycles. The third kappa shape index (κ3) is 5.70. The number of halogens is 4. The first-order valence-electron chi connectivity index (χ1n) is 5.17. The molecule has 0 heterocycles. The highest BCUT2D eigenvalue weighted by molar-refractivity contribution is 8.00. The highest BCUT2D eigenvalue weighted by atomic mass is 35.5. The van der Waals surface area contributed by atoms with Gasteiger partial charge < -0.3 is 10.4 Å². The Morgan fingerprint density at radius 3 is 2.30 bits per heavy atom. The Bertz CT molecular complexity index is 493. The molecule has 0 aromatic heterocycles. The first-order valence-corrected chi connectivity index (χ1v) is 6.54. The number of amides is 1. The summed E-state index contributed by atoms with van der Waals surface area (Å²) in [7, 11) is 0. The smallest absolute Gasteiger partial charge is 0.442 e. The Kier molecular flexibility index (Phi) is 5.70. The number of thioether (sulfide) groups is 1. The van der Waals surface area contributed by atoms with Gasteiger partial charge in [0.15, 0.2) is 6.04 Å². The number of carboxylic acid groups (broad SMARTS) is 1. The van der Waals surface area contributed by atoms with E-state index in [1.807, 2.05) is 5.32 Å². The second-order valence-corrected chi connectivity index (χ2v) is 5.10. The predicted octanol–water partition coefficient (Wildman–Crippen LogP) is 2.83. The van der Waals surface area contributed by atoms with Crippen LogP contribution in [0.15, 0.2) is 24.3 Å². The van der Waals surface area contributed by atoms with Gasteiger partial charge in [-0.15, -0.1) is 0 Å². The number of nitrogens with one attached hydrogen (secondary N) is 1. The van der Waals surface area contributed by atoms with Crippen molar-refractivity contribution in [3.05, 3.63) is 34.9 Å². The van der Waals surface area contributed by atoms with E-state index in [1.54, 1.807) is 0 Å². The van der Waals surface area contributed by atoms with Gasteiger partial charge in [-0.2, -0.15) is 13.2 Å². The van der Waals surface area contributed by atoms with Crippen LogP contribution in [0.25, 0.3) is 0 Å². The molecule has 1 aromatic rings. The van der Waals surface area contributed by atoms with Crippen molar-refractivity contribution in [1.82, 2.24) is 5.32 Å². The number of benzene rings is 1. The molecule has 4 nitrogen and oxygen atoms in total. The Hall–Kier alpha value is -1.41. The molecule has 2 N–H and O–H groups in total. The maximum Gasteiger partial charge on any atom is 0.442 e. The minimum Gasteiger partial charge on any atom is -0.479 e. The molecule has 1 atom stereocenters. The average molecular weight is 328 g/mol. The molecular weight excluding hydrogens is 319 g/mol. The van der Waals surface area contributed by atoms with Gasteiger partial charge in [0.2, 0.25) is 5.91 Å². The van der Waals surface area contributed by atoms with E-state index in [4.69, 9.17) is 16.7 Å². The van der Waals surface area contributed by atoms with Crippen molar-refractivity contribution in [1.29, 1.82) is 0 Å². The van der Waals surface area contributed by atoms with Crippen molar-refractivity contribution < 1.29 is 27.9 Å². The number of hydrogen-bond acceptors (Lipinski definition) is 3. The van der Waals surface area contributed by atoms with Crippen LogP contribution in [0, 0.1) is 0 Å². The summed E-state index contributed by atoms with van der Waals surface area (Å²) in [6.45, 7) is 0. The summed E-state index contributed by atoms with van der Waals surface area (Å²) in [5.41, 5.74) is -4.33. The zero-order chi connectivity index (χ0) is 15.3. The number of aliphatic carboxylic acids is 1. The van der Waals surface area contributed by atoms with Gasteiger partial charge in [-0.25, -0.2) is 4.79 Å². The summed E-state index contributed by atoms with van der Waals surface area (Å²) in [6, 6.07) is 4.16. The van der Waals surface area contributed by atoms with E-state index in [2.05, 4.69) is 0 Å². The number of alkyl halides is 3. The van der Waals surface area contributed by atoms with E-state index in [-0.39, 0.29) is 5.56 Å². The topological polar surface area (TPSA) is 66.4 Å². The number of rotatable bonds is 5. The molecule has 0 saturated carbocycles. The van der Waals surface area contributed by atoms with Gasteiger partial charge in [-0.05, 0) is 29.5 Å². The van der Waals surface area contributed by atoms with Gasteiger partial charge in [0.25, 0.3) is 0 Å². The van der Waals surface area contributed by atoms with Gasteiger partial charge in [-0.3, -0.25) is 4.79 Å². The summed E-state index contributed by atoms with van der Waals surface area (Å²) < 4.78 is 35.8. The van der Waals surface area contributed by atoms with E-state index < -0.39 is 40.9 Å². The summed E-state index contributed by atoms with van der Waals surface area (Å²) in [5.74, 6) is -3.30. The monoisotopic (exact) mass is 327 g/mol. The number of carbonyl (C=O) groups is 2. The third-order valence-electron chi connectivity index (χ3n) is 2.12. The van der Waals surface area contributed by atoms with Gasteiger partial charge in [-0.1, -0.05) is 23.7 Å². The zero-order valence-electron chi connectivity index (χ0n) is 9.78. The SMILES string of the molecule is O=C(CSC(F)(F)F)NC(C(=O)O)c1ccc(Cl)cc1. The minimum atomic E-state index is -4.55. The van der Waals surface area contributed by atoms with Crippen LogP contribution >= 0.6 is 23.4 Å². The quantitative estimate of drug-likeness (QED) is 0.872. The average Bonchev–Trinajstić information content (AvgIpc) is 2.33. The van der Waals surface area contributed by atoms with E-state index in [0.29, 0.717) is 5.02 Å². The molecule has 0 aliphatic rings. The van der Waals surface area contributed by atoms with Crippen LogP contribution in [0.5, 0.6) is 0 Å². The van der Waals surface area contributed by atoms with Crippen molar-refractivity contribution in [2.75, 3.05) is 5.75 Å². The molecule has 0 bridgehead atoms.